The lowest BCUT2D eigenvalue weighted by atomic mass is 9.87. The monoisotopic (exact) mass is 638 g/mol. The number of aromatic hydroxyl groups is 1. The molecule has 0 aromatic heterocycles. The Labute approximate surface area is 276 Å². The topological polar surface area (TPSA) is 82.1 Å². The normalized spacial score (nSPS) is 19.0. The van der Waals surface area contributed by atoms with Crippen LogP contribution in [0.3, 0.4) is 0 Å². The van der Waals surface area contributed by atoms with E-state index in [2.05, 4.69) is 48.2 Å². The average molecular weight is 639 g/mol. The van der Waals surface area contributed by atoms with E-state index in [0.717, 1.165) is 53.7 Å². The molecule has 2 atom stereocenters. The number of fused-ring (bicyclic) bond motifs is 2. The van der Waals surface area contributed by atoms with E-state index >= 15 is 0 Å². The number of benzene rings is 4. The zero-order valence-corrected chi connectivity index (χ0v) is 27.9. The minimum atomic E-state index is -0.0596. The molecule has 0 radical (unpaired) electrons. The Morgan fingerprint density at radius 1 is 0.660 bits per heavy atom. The summed E-state index contributed by atoms with van der Waals surface area (Å²) in [6.45, 7) is 1.74. The Hall–Kier alpha value is -4.60. The third kappa shape index (κ3) is 5.47. The number of rotatable bonds is 4. The van der Waals surface area contributed by atoms with Crippen LogP contribution >= 0.6 is 0 Å². The van der Waals surface area contributed by atoms with Gasteiger partial charge in [0.15, 0.2) is 34.5 Å². The number of ether oxygens (including phenoxy) is 6. The molecule has 4 aromatic rings. The SMILES string of the molecule is COc1cc2c3cc1Oc1c(O)c(OC)cc4c1[C@@H](Cc1ccc(cc1)Oc1c(OC)ccc(c1OC)C[C@@H]3N(C)CC2)N(C)CC4. The predicted octanol–water partition coefficient (Wildman–Crippen LogP) is 6.87. The molecule has 246 valence electrons. The molecular formula is C38H42N2O7. The minimum absolute atomic E-state index is 0.00650. The lowest BCUT2D eigenvalue weighted by molar-refractivity contribution is 0.220. The summed E-state index contributed by atoms with van der Waals surface area (Å²) in [7, 11) is 10.8. The molecule has 4 aliphatic heterocycles. The van der Waals surface area contributed by atoms with Gasteiger partial charge in [0, 0.05) is 36.3 Å². The van der Waals surface area contributed by atoms with Crippen LogP contribution < -0.4 is 28.4 Å². The lowest BCUT2D eigenvalue weighted by Gasteiger charge is -2.37. The summed E-state index contributed by atoms with van der Waals surface area (Å²) in [6.07, 6.45) is 3.03. The molecule has 4 heterocycles. The Morgan fingerprint density at radius 2 is 1.34 bits per heavy atom. The van der Waals surface area contributed by atoms with E-state index in [1.54, 1.807) is 28.4 Å². The molecule has 9 heteroatoms. The fourth-order valence-electron chi connectivity index (χ4n) is 7.37. The second-order valence-corrected chi connectivity index (χ2v) is 12.6. The van der Waals surface area contributed by atoms with Crippen molar-refractivity contribution in [2.75, 3.05) is 55.6 Å². The summed E-state index contributed by atoms with van der Waals surface area (Å²) in [6, 6.07) is 18.2. The first-order chi connectivity index (χ1) is 22.8. The molecule has 4 aliphatic rings. The maximum atomic E-state index is 11.7. The van der Waals surface area contributed by atoms with E-state index in [1.165, 1.54) is 5.56 Å². The number of phenols is 1. The summed E-state index contributed by atoms with van der Waals surface area (Å²) < 4.78 is 36.7. The smallest absolute Gasteiger partial charge is 0.211 e. The van der Waals surface area contributed by atoms with Crippen molar-refractivity contribution in [2.24, 2.45) is 0 Å². The van der Waals surface area contributed by atoms with E-state index in [9.17, 15) is 5.11 Å². The van der Waals surface area contributed by atoms with Crippen LogP contribution in [0, 0.1) is 0 Å². The molecule has 0 unspecified atom stereocenters. The Balaban J connectivity index is 1.47. The molecule has 0 fully saturated rings. The van der Waals surface area contributed by atoms with Gasteiger partial charge in [-0.25, -0.2) is 0 Å². The van der Waals surface area contributed by atoms with Gasteiger partial charge < -0.3 is 33.5 Å². The number of likely N-dealkylation sites (N-methyl/N-ethyl adjacent to an activating group) is 2. The van der Waals surface area contributed by atoms with Crippen molar-refractivity contribution in [2.45, 2.75) is 37.8 Å². The van der Waals surface area contributed by atoms with Gasteiger partial charge in [0.25, 0.3) is 0 Å². The van der Waals surface area contributed by atoms with Crippen LogP contribution in [0.25, 0.3) is 0 Å². The first kappa shape index (κ1) is 31.0. The van der Waals surface area contributed by atoms with Crippen molar-refractivity contribution in [3.63, 3.8) is 0 Å². The fraction of sp³-hybridized carbons (Fsp3) is 0.368. The molecule has 0 aliphatic carbocycles. The molecule has 0 spiro atoms. The Bertz CT molecular complexity index is 1810. The second-order valence-electron chi connectivity index (χ2n) is 12.6. The number of phenolic OH excluding ortho intramolecular Hbond substituents is 1. The number of nitrogens with zero attached hydrogens (tertiary/aromatic N) is 2. The van der Waals surface area contributed by atoms with Crippen LogP contribution in [-0.4, -0.2) is 70.5 Å². The maximum absolute atomic E-state index is 11.7. The van der Waals surface area contributed by atoms with Gasteiger partial charge in [0.05, 0.1) is 28.4 Å². The quantitative estimate of drug-likeness (QED) is 0.258. The van der Waals surface area contributed by atoms with Gasteiger partial charge in [-0.15, -0.1) is 0 Å². The third-order valence-electron chi connectivity index (χ3n) is 9.99. The van der Waals surface area contributed by atoms with Crippen LogP contribution in [0.1, 0.15) is 45.5 Å². The Morgan fingerprint density at radius 3 is 2.04 bits per heavy atom. The van der Waals surface area contributed by atoms with Crippen molar-refractivity contribution in [1.82, 2.24) is 9.80 Å². The van der Waals surface area contributed by atoms with Crippen molar-refractivity contribution in [1.29, 1.82) is 0 Å². The van der Waals surface area contributed by atoms with Gasteiger partial charge >= 0.3 is 0 Å². The molecule has 0 saturated carbocycles. The molecule has 9 nitrogen and oxygen atoms in total. The second kappa shape index (κ2) is 12.5. The fourth-order valence-corrected chi connectivity index (χ4v) is 7.37. The van der Waals surface area contributed by atoms with E-state index < -0.39 is 0 Å². The first-order valence-electron chi connectivity index (χ1n) is 16.1. The van der Waals surface area contributed by atoms with Crippen LogP contribution in [0.4, 0.5) is 0 Å². The highest BCUT2D eigenvalue weighted by atomic mass is 16.5. The highest BCUT2D eigenvalue weighted by molar-refractivity contribution is 5.63. The molecule has 47 heavy (non-hydrogen) atoms. The summed E-state index contributed by atoms with van der Waals surface area (Å²) in [5.41, 5.74) is 6.50. The molecular weight excluding hydrogens is 596 g/mol. The maximum Gasteiger partial charge on any atom is 0.211 e. The standard InChI is InChI=1S/C38H42N2O7/c1-39-15-13-23-19-31(43-4)32-21-27(23)28(39)18-25-9-12-30(42-3)37(36(25)45-6)46-26-10-7-22(8-11-26)17-29-34-24(14-16-40(29)2)20-33(44-5)35(41)38(34)47-32/h7-12,19-21,28-29,41H,13-18H2,1-6H3/t28-,29+/m0/s1. The number of methoxy groups -OCH3 is 4. The first-order valence-corrected chi connectivity index (χ1v) is 16.1. The van der Waals surface area contributed by atoms with Crippen LogP contribution in [-0.2, 0) is 25.7 Å². The van der Waals surface area contributed by atoms with Crippen LogP contribution in [0.2, 0.25) is 0 Å². The highest BCUT2D eigenvalue weighted by Gasteiger charge is 2.34. The molecule has 8 rings (SSSR count). The van der Waals surface area contributed by atoms with E-state index in [4.69, 9.17) is 28.4 Å². The summed E-state index contributed by atoms with van der Waals surface area (Å²) in [5.74, 6) is 4.41. The van der Waals surface area contributed by atoms with E-state index in [-0.39, 0.29) is 17.8 Å². The lowest BCUT2D eigenvalue weighted by Crippen LogP contribution is -2.34. The minimum Gasteiger partial charge on any atom is -0.502 e. The van der Waals surface area contributed by atoms with E-state index in [1.807, 2.05) is 30.3 Å². The van der Waals surface area contributed by atoms with Gasteiger partial charge in [-0.2, -0.15) is 0 Å². The zero-order valence-electron chi connectivity index (χ0n) is 27.9. The molecule has 1 N–H and O–H groups in total. The number of hydrogen-bond donors (Lipinski definition) is 1. The van der Waals surface area contributed by atoms with Crippen LogP contribution in [0.15, 0.2) is 54.6 Å². The molecule has 0 saturated heterocycles. The molecule has 6 bridgehead atoms. The van der Waals surface area contributed by atoms with Gasteiger partial charge in [-0.05, 0) is 98.4 Å². The van der Waals surface area contributed by atoms with Crippen LogP contribution in [0.5, 0.6) is 51.7 Å². The Kier molecular flexibility index (Phi) is 8.28. The highest BCUT2D eigenvalue weighted by Crippen LogP contribution is 2.52. The van der Waals surface area contributed by atoms with Crippen molar-refractivity contribution in [3.8, 4) is 51.7 Å². The van der Waals surface area contributed by atoms with Crippen molar-refractivity contribution < 1.29 is 33.5 Å². The largest absolute Gasteiger partial charge is 0.502 e. The number of hydrogen-bond acceptors (Lipinski definition) is 9. The van der Waals surface area contributed by atoms with E-state index in [0.29, 0.717) is 58.8 Å². The summed E-state index contributed by atoms with van der Waals surface area (Å²) in [4.78, 5) is 4.68. The van der Waals surface area contributed by atoms with Gasteiger partial charge in [0.1, 0.15) is 5.75 Å². The predicted molar refractivity (Wildman–Crippen MR) is 179 cm³/mol. The molecule has 0 amide bonds. The van der Waals surface area contributed by atoms with Gasteiger partial charge in [-0.1, -0.05) is 18.2 Å². The zero-order chi connectivity index (χ0) is 32.8. The van der Waals surface area contributed by atoms with Crippen molar-refractivity contribution in [3.05, 3.63) is 88.0 Å². The van der Waals surface area contributed by atoms with Gasteiger partial charge in [-0.3, -0.25) is 9.80 Å². The van der Waals surface area contributed by atoms with Gasteiger partial charge in [0.2, 0.25) is 11.5 Å². The summed E-state index contributed by atoms with van der Waals surface area (Å²) in [5, 5.41) is 11.7. The third-order valence-corrected chi connectivity index (χ3v) is 9.99. The average Bonchev–Trinajstić information content (AvgIpc) is 3.08. The van der Waals surface area contributed by atoms with Crippen molar-refractivity contribution >= 4 is 0 Å². The molecule has 4 aromatic carbocycles. The summed E-state index contributed by atoms with van der Waals surface area (Å²) >= 11 is 0.